The molecule has 1 aromatic carbocycles. The van der Waals surface area contributed by atoms with Crippen LogP contribution in [0.5, 0.6) is 11.5 Å². The van der Waals surface area contributed by atoms with Crippen molar-refractivity contribution in [3.63, 3.8) is 0 Å². The number of furan rings is 1. The minimum absolute atomic E-state index is 0.171. The third-order valence-electron chi connectivity index (χ3n) is 3.82. The van der Waals surface area contributed by atoms with Gasteiger partial charge in [0.15, 0.2) is 18.1 Å². The van der Waals surface area contributed by atoms with Gasteiger partial charge >= 0.3 is 5.97 Å². The lowest BCUT2D eigenvalue weighted by atomic mass is 10.1. The van der Waals surface area contributed by atoms with E-state index in [4.69, 9.17) is 18.6 Å². The van der Waals surface area contributed by atoms with Gasteiger partial charge in [0.1, 0.15) is 5.76 Å². The predicted molar refractivity (Wildman–Crippen MR) is 94.0 cm³/mol. The monoisotopic (exact) mass is 361 g/mol. The number of esters is 1. The largest absolute Gasteiger partial charge is 0.493 e. The standard InChI is InChI=1S/C19H23NO6/c1-20(12-15-5-4-10-25-15)18(21)13-26-19(22)9-7-14-6-8-16(23-2)17(11-14)24-3/h4-6,8,10-11H,7,9,12-13H2,1-3H3. The summed E-state index contributed by atoms with van der Waals surface area (Å²) in [5, 5.41) is 0. The van der Waals surface area contributed by atoms with Crippen molar-refractivity contribution >= 4 is 11.9 Å². The molecule has 1 heterocycles. The lowest BCUT2D eigenvalue weighted by molar-refractivity contribution is -0.151. The summed E-state index contributed by atoms with van der Waals surface area (Å²) in [7, 11) is 4.75. The van der Waals surface area contributed by atoms with Gasteiger partial charge in [0.05, 0.1) is 27.0 Å². The molecule has 0 fully saturated rings. The third kappa shape index (κ3) is 5.54. The van der Waals surface area contributed by atoms with Gasteiger partial charge < -0.3 is 23.5 Å². The number of carbonyl (C=O) groups excluding carboxylic acids is 2. The number of likely N-dealkylation sites (N-methyl/N-ethyl adjacent to an activating group) is 1. The molecule has 0 saturated heterocycles. The number of ether oxygens (including phenoxy) is 3. The summed E-state index contributed by atoms with van der Waals surface area (Å²) in [6, 6.07) is 8.98. The van der Waals surface area contributed by atoms with Crippen LogP contribution in [0.1, 0.15) is 17.7 Å². The average molecular weight is 361 g/mol. The van der Waals surface area contributed by atoms with Crippen LogP contribution in [-0.4, -0.2) is 44.7 Å². The second-order valence-corrected chi connectivity index (χ2v) is 5.68. The van der Waals surface area contributed by atoms with Gasteiger partial charge in [-0.2, -0.15) is 0 Å². The van der Waals surface area contributed by atoms with Crippen LogP contribution in [-0.2, 0) is 27.3 Å². The van der Waals surface area contributed by atoms with Gasteiger partial charge in [-0.25, -0.2) is 0 Å². The Kier molecular flexibility index (Phi) is 7.08. The molecular formula is C19H23NO6. The van der Waals surface area contributed by atoms with Gasteiger partial charge in [0.25, 0.3) is 5.91 Å². The molecule has 0 unspecified atom stereocenters. The fraction of sp³-hybridized carbons (Fsp3) is 0.368. The van der Waals surface area contributed by atoms with E-state index in [1.54, 1.807) is 45.7 Å². The average Bonchev–Trinajstić information content (AvgIpc) is 3.16. The SMILES string of the molecule is COc1ccc(CCC(=O)OCC(=O)N(C)Cc2ccco2)cc1OC. The number of aryl methyl sites for hydroxylation is 1. The fourth-order valence-electron chi connectivity index (χ4n) is 2.33. The summed E-state index contributed by atoms with van der Waals surface area (Å²) in [5.74, 6) is 1.18. The van der Waals surface area contributed by atoms with E-state index in [1.807, 2.05) is 12.1 Å². The molecule has 0 atom stereocenters. The Hall–Kier alpha value is -2.96. The Labute approximate surface area is 152 Å². The molecule has 0 aliphatic heterocycles. The molecular weight excluding hydrogens is 338 g/mol. The molecule has 0 aliphatic carbocycles. The molecule has 1 amide bonds. The topological polar surface area (TPSA) is 78.2 Å². The van der Waals surface area contributed by atoms with E-state index in [2.05, 4.69) is 0 Å². The third-order valence-corrected chi connectivity index (χ3v) is 3.82. The first-order valence-corrected chi connectivity index (χ1v) is 8.16. The van der Waals surface area contributed by atoms with E-state index in [9.17, 15) is 9.59 Å². The first-order valence-electron chi connectivity index (χ1n) is 8.16. The number of benzene rings is 1. The fourth-order valence-corrected chi connectivity index (χ4v) is 2.33. The van der Waals surface area contributed by atoms with Crippen LogP contribution in [0.2, 0.25) is 0 Å². The summed E-state index contributed by atoms with van der Waals surface area (Å²) in [6.07, 6.45) is 2.20. The van der Waals surface area contributed by atoms with Gasteiger partial charge in [-0.05, 0) is 36.2 Å². The molecule has 0 spiro atoms. The van der Waals surface area contributed by atoms with Crippen LogP contribution < -0.4 is 9.47 Å². The summed E-state index contributed by atoms with van der Waals surface area (Å²) in [6.45, 7) is 0.0387. The molecule has 1 aromatic heterocycles. The Morgan fingerprint density at radius 2 is 1.88 bits per heavy atom. The smallest absolute Gasteiger partial charge is 0.306 e. The number of methoxy groups -OCH3 is 2. The van der Waals surface area contributed by atoms with Gasteiger partial charge in [0, 0.05) is 13.5 Å². The van der Waals surface area contributed by atoms with Crippen molar-refractivity contribution in [2.45, 2.75) is 19.4 Å². The molecule has 0 aliphatic rings. The molecule has 0 bridgehead atoms. The Morgan fingerprint density at radius 1 is 1.12 bits per heavy atom. The van der Waals surface area contributed by atoms with Gasteiger partial charge in [-0.3, -0.25) is 9.59 Å². The number of rotatable bonds is 9. The zero-order valence-corrected chi connectivity index (χ0v) is 15.2. The highest BCUT2D eigenvalue weighted by Gasteiger charge is 2.14. The first kappa shape index (κ1) is 19.4. The van der Waals surface area contributed by atoms with E-state index in [-0.39, 0.29) is 18.9 Å². The number of amides is 1. The lowest BCUT2D eigenvalue weighted by Gasteiger charge is -2.15. The number of carbonyl (C=O) groups is 2. The van der Waals surface area contributed by atoms with Crippen LogP contribution in [0.25, 0.3) is 0 Å². The Balaban J connectivity index is 1.75. The number of hydrogen-bond donors (Lipinski definition) is 0. The maximum Gasteiger partial charge on any atom is 0.306 e. The molecule has 7 nitrogen and oxygen atoms in total. The summed E-state index contributed by atoms with van der Waals surface area (Å²) < 4.78 is 20.6. The molecule has 0 saturated carbocycles. The second kappa shape index (κ2) is 9.50. The first-order chi connectivity index (χ1) is 12.5. The number of nitrogens with zero attached hydrogens (tertiary/aromatic N) is 1. The van der Waals surface area contributed by atoms with Gasteiger partial charge in [-0.15, -0.1) is 0 Å². The highest BCUT2D eigenvalue weighted by atomic mass is 16.5. The highest BCUT2D eigenvalue weighted by molar-refractivity contribution is 5.80. The molecule has 2 aromatic rings. The molecule has 26 heavy (non-hydrogen) atoms. The van der Waals surface area contributed by atoms with E-state index < -0.39 is 5.97 Å². The van der Waals surface area contributed by atoms with Crippen LogP contribution in [0, 0.1) is 0 Å². The summed E-state index contributed by atoms with van der Waals surface area (Å²) in [4.78, 5) is 25.3. The molecule has 2 rings (SSSR count). The zero-order valence-electron chi connectivity index (χ0n) is 15.2. The van der Waals surface area contributed by atoms with Crippen LogP contribution in [0.15, 0.2) is 41.0 Å². The van der Waals surface area contributed by atoms with Crippen LogP contribution >= 0.6 is 0 Å². The minimum Gasteiger partial charge on any atom is -0.493 e. The molecule has 140 valence electrons. The Morgan fingerprint density at radius 3 is 2.54 bits per heavy atom. The van der Waals surface area contributed by atoms with Crippen molar-refractivity contribution in [3.05, 3.63) is 47.9 Å². The van der Waals surface area contributed by atoms with Crippen molar-refractivity contribution in [3.8, 4) is 11.5 Å². The zero-order chi connectivity index (χ0) is 18.9. The van der Waals surface area contributed by atoms with E-state index in [1.165, 1.54) is 4.90 Å². The van der Waals surface area contributed by atoms with Gasteiger partial charge in [-0.1, -0.05) is 6.07 Å². The lowest BCUT2D eigenvalue weighted by Crippen LogP contribution is -2.30. The summed E-state index contributed by atoms with van der Waals surface area (Å²) >= 11 is 0. The summed E-state index contributed by atoms with van der Waals surface area (Å²) in [5.41, 5.74) is 0.917. The Bertz CT molecular complexity index is 726. The molecule has 0 radical (unpaired) electrons. The number of hydrogen-bond acceptors (Lipinski definition) is 6. The maximum atomic E-state index is 12.0. The van der Waals surface area contributed by atoms with Crippen molar-refractivity contribution in [1.29, 1.82) is 0 Å². The van der Waals surface area contributed by atoms with Crippen molar-refractivity contribution in [2.24, 2.45) is 0 Å². The van der Waals surface area contributed by atoms with Crippen molar-refractivity contribution in [1.82, 2.24) is 4.90 Å². The van der Waals surface area contributed by atoms with E-state index in [0.717, 1.165) is 5.56 Å². The van der Waals surface area contributed by atoms with Gasteiger partial charge in [0.2, 0.25) is 0 Å². The van der Waals surface area contributed by atoms with E-state index >= 15 is 0 Å². The van der Waals surface area contributed by atoms with Crippen molar-refractivity contribution in [2.75, 3.05) is 27.9 Å². The van der Waals surface area contributed by atoms with E-state index in [0.29, 0.717) is 30.2 Å². The molecule has 7 heteroatoms. The minimum atomic E-state index is -0.431. The van der Waals surface area contributed by atoms with Crippen LogP contribution in [0.4, 0.5) is 0 Å². The highest BCUT2D eigenvalue weighted by Crippen LogP contribution is 2.27. The van der Waals surface area contributed by atoms with Crippen molar-refractivity contribution < 1.29 is 28.2 Å². The second-order valence-electron chi connectivity index (χ2n) is 5.68. The normalized spacial score (nSPS) is 10.3. The predicted octanol–water partition coefficient (Wildman–Crippen LogP) is 2.43. The quantitative estimate of drug-likeness (QED) is 0.639. The molecule has 0 N–H and O–H groups in total. The van der Waals surface area contributed by atoms with Crippen LogP contribution in [0.3, 0.4) is 0 Å². The maximum absolute atomic E-state index is 12.0.